The Morgan fingerprint density at radius 1 is 0.419 bits per heavy atom. The monoisotopic (exact) mass is 881 g/mol. The zero-order chi connectivity index (χ0) is 50.7. The molecule has 0 saturated heterocycles. The fourth-order valence-corrected chi connectivity index (χ4v) is 7.71. The standard InChI is InChI=1S/C10H20.2C8H16.C7H14.C6H12.3C5H12.C4H10.2C2H6/c1-8-9(2,3)6-7-10(8,4)5;1-7-5-4-6-8(7,2)3;1-6-4-5-7(2)8(6)3;1-6-4-3-5-7(6)2;1-6-4-2-3-5-6;1-5(2,3)4;2*1-4-5(2)3;1-4(2)3;2*1-2/h8H,6-7H2,1-5H3;7H,4-6H2,1-3H3;6-8H,4-5H2,1-3H3;6-7H,3-5H2,1-2H3;6H,2-5H2,1H3;1-4H3;2*5H,4H2,1-3H3;4H,1-3H3;2*1-2H3. The van der Waals surface area contributed by atoms with Gasteiger partial charge in [-0.05, 0) is 106 Å². The molecule has 0 N–H and O–H groups in total. The maximum atomic E-state index is 2.40. The van der Waals surface area contributed by atoms with Crippen molar-refractivity contribution in [1.82, 2.24) is 0 Å². The van der Waals surface area contributed by atoms with Crippen molar-refractivity contribution in [2.75, 3.05) is 0 Å². The molecule has 5 saturated carbocycles. The van der Waals surface area contributed by atoms with Crippen LogP contribution in [0.25, 0.3) is 0 Å². The lowest BCUT2D eigenvalue weighted by Gasteiger charge is -2.31. The third-order valence-electron chi connectivity index (χ3n) is 15.0. The van der Waals surface area contributed by atoms with Gasteiger partial charge in [0.15, 0.2) is 0 Å². The van der Waals surface area contributed by atoms with E-state index in [4.69, 9.17) is 0 Å². The summed E-state index contributed by atoms with van der Waals surface area (Å²) in [7, 11) is 0. The van der Waals surface area contributed by atoms with E-state index >= 15 is 0 Å². The minimum Gasteiger partial charge on any atom is -0.0683 e. The highest BCUT2D eigenvalue weighted by molar-refractivity contribution is 4.93. The molecule has 0 heterocycles. The molecule has 0 bridgehead atoms. The Kier molecular flexibility index (Phi) is 48.9. The fraction of sp³-hybridized carbons (Fsp3) is 1.00. The van der Waals surface area contributed by atoms with E-state index in [0.29, 0.717) is 21.7 Å². The summed E-state index contributed by atoms with van der Waals surface area (Å²) >= 11 is 0. The molecular formula is C62H136. The molecule has 5 fully saturated rings. The van der Waals surface area contributed by atoms with Crippen LogP contribution in [0.5, 0.6) is 0 Å². The SMILES string of the molecule is CC.CC.CC(C)(C)C.CC(C)C.CC1C(C)(C)CCC1(C)C.CC1CCC(C)C1C.CC1CCCC1.CC1CCCC1(C)C.CC1CCCC1C.CCC(C)C.CCC(C)C. The maximum Gasteiger partial charge on any atom is -0.0323 e. The van der Waals surface area contributed by atoms with E-state index in [1.54, 1.807) is 0 Å². The van der Waals surface area contributed by atoms with Crippen molar-refractivity contribution in [2.24, 2.45) is 86.8 Å². The van der Waals surface area contributed by atoms with Crippen molar-refractivity contribution in [3.05, 3.63) is 0 Å². The average Bonchev–Trinajstić information content (AvgIpc) is 3.99. The van der Waals surface area contributed by atoms with Crippen molar-refractivity contribution >= 4 is 0 Å². The summed E-state index contributed by atoms with van der Waals surface area (Å²) in [5.41, 5.74) is 2.33. The van der Waals surface area contributed by atoms with Crippen molar-refractivity contribution in [3.63, 3.8) is 0 Å². The number of hydrogen-bond acceptors (Lipinski definition) is 0. The Morgan fingerprint density at radius 3 is 0.790 bits per heavy atom. The molecule has 0 spiro atoms. The van der Waals surface area contributed by atoms with E-state index in [0.717, 1.165) is 65.1 Å². The van der Waals surface area contributed by atoms with Crippen LogP contribution < -0.4 is 0 Å². The van der Waals surface area contributed by atoms with Crippen LogP contribution >= 0.6 is 0 Å². The predicted octanol–water partition coefficient (Wildman–Crippen LogP) is 23.5. The van der Waals surface area contributed by atoms with Gasteiger partial charge in [-0.15, -0.1) is 0 Å². The second-order valence-corrected chi connectivity index (χ2v) is 26.0. The Bertz CT molecular complexity index is 819. The van der Waals surface area contributed by atoms with Crippen LogP contribution in [-0.2, 0) is 0 Å². The van der Waals surface area contributed by atoms with E-state index in [9.17, 15) is 0 Å². The summed E-state index contributed by atoms with van der Waals surface area (Å²) in [5.74, 6) is 10.5. The Hall–Kier alpha value is 0. The highest BCUT2D eigenvalue weighted by atomic mass is 14.5. The third kappa shape index (κ3) is 47.9. The van der Waals surface area contributed by atoms with Crippen molar-refractivity contribution in [2.45, 2.75) is 317 Å². The second-order valence-electron chi connectivity index (χ2n) is 26.0. The lowest BCUT2D eigenvalue weighted by molar-refractivity contribution is 0.179. The quantitative estimate of drug-likeness (QED) is 0.259. The van der Waals surface area contributed by atoms with Gasteiger partial charge < -0.3 is 0 Å². The Labute approximate surface area is 402 Å². The van der Waals surface area contributed by atoms with E-state index in [-0.39, 0.29) is 0 Å². The van der Waals surface area contributed by atoms with Gasteiger partial charge in [0.05, 0.1) is 0 Å². The molecule has 0 aromatic rings. The second kappa shape index (κ2) is 41.2. The van der Waals surface area contributed by atoms with Crippen LogP contribution in [0.4, 0.5) is 0 Å². The minimum absolute atomic E-state index is 0.500. The predicted molar refractivity (Wildman–Crippen MR) is 298 cm³/mol. The van der Waals surface area contributed by atoms with Gasteiger partial charge in [-0.25, -0.2) is 0 Å². The molecule has 5 rings (SSSR count). The lowest BCUT2D eigenvalue weighted by Crippen LogP contribution is -2.24. The number of rotatable bonds is 2. The van der Waals surface area contributed by atoms with Crippen LogP contribution in [-0.4, -0.2) is 0 Å². The van der Waals surface area contributed by atoms with Gasteiger partial charge in [-0.1, -0.05) is 298 Å². The third-order valence-corrected chi connectivity index (χ3v) is 15.0. The Morgan fingerprint density at radius 2 is 0.710 bits per heavy atom. The van der Waals surface area contributed by atoms with E-state index in [2.05, 4.69) is 187 Å². The van der Waals surface area contributed by atoms with E-state index in [1.807, 2.05) is 27.7 Å². The summed E-state index contributed by atoms with van der Waals surface area (Å²) in [5, 5.41) is 0. The molecule has 384 valence electrons. The molecule has 0 heteroatoms. The van der Waals surface area contributed by atoms with Crippen LogP contribution in [0, 0.1) is 86.8 Å². The largest absolute Gasteiger partial charge is 0.0683 e. The van der Waals surface area contributed by atoms with Gasteiger partial charge in [0.1, 0.15) is 0 Å². The molecule has 5 unspecified atom stereocenters. The first-order chi connectivity index (χ1) is 28.2. The normalized spacial score (nSPS) is 26.2. The summed E-state index contributed by atoms with van der Waals surface area (Å²) in [4.78, 5) is 0. The highest BCUT2D eigenvalue weighted by Gasteiger charge is 2.43. The summed E-state index contributed by atoms with van der Waals surface area (Å²) < 4.78 is 0. The highest BCUT2D eigenvalue weighted by Crippen LogP contribution is 2.53. The molecule has 0 aromatic heterocycles. The van der Waals surface area contributed by atoms with Crippen LogP contribution in [0.1, 0.15) is 317 Å². The fourth-order valence-electron chi connectivity index (χ4n) is 7.71. The molecule has 5 aliphatic carbocycles. The van der Waals surface area contributed by atoms with Gasteiger partial charge in [-0.3, -0.25) is 0 Å². The average molecular weight is 882 g/mol. The molecular weight excluding hydrogens is 745 g/mol. The zero-order valence-electron chi connectivity index (χ0n) is 50.7. The summed E-state index contributed by atoms with van der Waals surface area (Å²) in [6.45, 7) is 69.8. The molecule has 0 nitrogen and oxygen atoms in total. The van der Waals surface area contributed by atoms with Gasteiger partial charge in [0, 0.05) is 0 Å². The molecule has 0 amide bonds. The molecule has 5 atom stereocenters. The molecule has 62 heavy (non-hydrogen) atoms. The first-order valence-electron chi connectivity index (χ1n) is 28.2. The van der Waals surface area contributed by atoms with Gasteiger partial charge in [0.25, 0.3) is 0 Å². The molecule has 0 aliphatic heterocycles. The minimum atomic E-state index is 0.500. The van der Waals surface area contributed by atoms with Crippen LogP contribution in [0.3, 0.4) is 0 Å². The van der Waals surface area contributed by atoms with Gasteiger partial charge in [0.2, 0.25) is 0 Å². The van der Waals surface area contributed by atoms with Crippen molar-refractivity contribution in [1.29, 1.82) is 0 Å². The first-order valence-corrected chi connectivity index (χ1v) is 28.2. The van der Waals surface area contributed by atoms with Crippen LogP contribution in [0.2, 0.25) is 0 Å². The first kappa shape index (κ1) is 73.6. The summed E-state index contributed by atoms with van der Waals surface area (Å²) in [6, 6.07) is 0. The smallest absolute Gasteiger partial charge is 0.0323 e. The topological polar surface area (TPSA) is 0 Å². The molecule has 0 radical (unpaired) electrons. The zero-order valence-corrected chi connectivity index (χ0v) is 50.7. The lowest BCUT2D eigenvalue weighted by atomic mass is 9.74. The molecule has 0 aromatic carbocycles. The van der Waals surface area contributed by atoms with Crippen molar-refractivity contribution < 1.29 is 0 Å². The maximum absolute atomic E-state index is 2.40. The Balaban J connectivity index is -0.000000143. The van der Waals surface area contributed by atoms with E-state index in [1.165, 1.54) is 103 Å². The van der Waals surface area contributed by atoms with Crippen molar-refractivity contribution in [3.8, 4) is 0 Å². The summed E-state index contributed by atoms with van der Waals surface area (Å²) in [6.07, 6.45) is 23.1. The van der Waals surface area contributed by atoms with Gasteiger partial charge >= 0.3 is 0 Å². The van der Waals surface area contributed by atoms with Crippen LogP contribution in [0.15, 0.2) is 0 Å². The number of hydrogen-bond donors (Lipinski definition) is 0. The van der Waals surface area contributed by atoms with E-state index < -0.39 is 0 Å². The molecule has 5 aliphatic rings. The van der Waals surface area contributed by atoms with Gasteiger partial charge in [-0.2, -0.15) is 0 Å².